The van der Waals surface area contributed by atoms with Gasteiger partial charge in [-0.25, -0.2) is 0 Å². The number of nitrogens with two attached hydrogens (primary N) is 1. The lowest BCUT2D eigenvalue weighted by Crippen LogP contribution is -2.14. The number of rotatable bonds is 4. The standard InChI is InChI=1S/C11H12BrN3S/c12-8-3-5-16-11(8)7-14-6-10-9(13)2-1-4-15-10/h1-5,14H,6-7,13H2. The maximum atomic E-state index is 5.80. The van der Waals surface area contributed by atoms with Crippen LogP contribution in [0.5, 0.6) is 0 Å². The molecule has 0 saturated carbocycles. The smallest absolute Gasteiger partial charge is 0.0770 e. The molecule has 2 rings (SSSR count). The van der Waals surface area contributed by atoms with Crippen LogP contribution in [0.1, 0.15) is 10.6 Å². The minimum Gasteiger partial charge on any atom is -0.397 e. The van der Waals surface area contributed by atoms with Crippen LogP contribution in [-0.2, 0) is 13.1 Å². The Morgan fingerprint density at radius 2 is 2.25 bits per heavy atom. The highest BCUT2D eigenvalue weighted by atomic mass is 79.9. The molecular weight excluding hydrogens is 286 g/mol. The summed E-state index contributed by atoms with van der Waals surface area (Å²) in [6.45, 7) is 1.52. The van der Waals surface area contributed by atoms with Crippen LogP contribution in [-0.4, -0.2) is 4.98 Å². The molecule has 0 aliphatic carbocycles. The first-order valence-corrected chi connectivity index (χ1v) is 6.56. The second-order valence-corrected chi connectivity index (χ2v) is 5.19. The Balaban J connectivity index is 1.89. The van der Waals surface area contributed by atoms with Gasteiger partial charge in [-0.15, -0.1) is 11.3 Å². The molecule has 0 spiro atoms. The Hall–Kier alpha value is -0.910. The number of nitrogens with one attached hydrogen (secondary N) is 1. The van der Waals surface area contributed by atoms with Gasteiger partial charge in [0.05, 0.1) is 11.4 Å². The van der Waals surface area contributed by atoms with Gasteiger partial charge in [-0.05, 0) is 39.5 Å². The average molecular weight is 298 g/mol. The average Bonchev–Trinajstić information content (AvgIpc) is 2.67. The lowest BCUT2D eigenvalue weighted by atomic mass is 10.3. The van der Waals surface area contributed by atoms with Gasteiger partial charge in [0.1, 0.15) is 0 Å². The summed E-state index contributed by atoms with van der Waals surface area (Å²) in [5.41, 5.74) is 7.44. The fourth-order valence-corrected chi connectivity index (χ4v) is 2.81. The summed E-state index contributed by atoms with van der Waals surface area (Å²) in [6, 6.07) is 5.76. The van der Waals surface area contributed by atoms with Gasteiger partial charge in [-0.3, -0.25) is 4.98 Å². The van der Waals surface area contributed by atoms with Gasteiger partial charge in [0.15, 0.2) is 0 Å². The lowest BCUT2D eigenvalue weighted by Gasteiger charge is -2.05. The molecule has 2 aromatic heterocycles. The quantitative estimate of drug-likeness (QED) is 0.912. The van der Waals surface area contributed by atoms with Crippen LogP contribution < -0.4 is 11.1 Å². The van der Waals surface area contributed by atoms with E-state index in [4.69, 9.17) is 5.73 Å². The van der Waals surface area contributed by atoms with Gasteiger partial charge in [-0.1, -0.05) is 0 Å². The molecule has 0 atom stereocenters. The minimum absolute atomic E-state index is 0.691. The van der Waals surface area contributed by atoms with Crippen LogP contribution in [0.25, 0.3) is 0 Å². The van der Waals surface area contributed by atoms with Crippen molar-refractivity contribution in [3.63, 3.8) is 0 Å². The Bertz CT molecular complexity index is 470. The number of anilines is 1. The van der Waals surface area contributed by atoms with Gasteiger partial charge in [-0.2, -0.15) is 0 Å². The monoisotopic (exact) mass is 297 g/mol. The lowest BCUT2D eigenvalue weighted by molar-refractivity contribution is 0.687. The molecular formula is C11H12BrN3S. The summed E-state index contributed by atoms with van der Waals surface area (Å²) in [6.07, 6.45) is 1.76. The summed E-state index contributed by atoms with van der Waals surface area (Å²) in [4.78, 5) is 5.51. The molecule has 0 aliphatic heterocycles. The van der Waals surface area contributed by atoms with Crippen LogP contribution in [0, 0.1) is 0 Å². The third-order valence-corrected chi connectivity index (χ3v) is 4.12. The van der Waals surface area contributed by atoms with Crippen LogP contribution in [0.2, 0.25) is 0 Å². The number of halogens is 1. The van der Waals surface area contributed by atoms with E-state index in [1.165, 1.54) is 4.88 Å². The Labute approximate surface area is 107 Å². The number of nitrogen functional groups attached to an aromatic ring is 1. The number of hydrogen-bond acceptors (Lipinski definition) is 4. The van der Waals surface area contributed by atoms with Gasteiger partial charge in [0.2, 0.25) is 0 Å². The first kappa shape index (κ1) is 11.6. The molecule has 16 heavy (non-hydrogen) atoms. The van der Waals surface area contributed by atoms with E-state index in [1.807, 2.05) is 12.1 Å². The van der Waals surface area contributed by atoms with Crippen molar-refractivity contribution in [2.45, 2.75) is 13.1 Å². The maximum Gasteiger partial charge on any atom is 0.0770 e. The highest BCUT2D eigenvalue weighted by Gasteiger charge is 2.02. The summed E-state index contributed by atoms with van der Waals surface area (Å²) < 4.78 is 1.15. The zero-order valence-corrected chi connectivity index (χ0v) is 11.0. The topological polar surface area (TPSA) is 50.9 Å². The van der Waals surface area contributed by atoms with Crippen molar-refractivity contribution in [1.82, 2.24) is 10.3 Å². The van der Waals surface area contributed by atoms with Gasteiger partial charge in [0.25, 0.3) is 0 Å². The molecule has 0 aromatic carbocycles. The van der Waals surface area contributed by atoms with Gasteiger partial charge < -0.3 is 11.1 Å². The molecule has 0 unspecified atom stereocenters. The van der Waals surface area contributed by atoms with Gasteiger partial charge >= 0.3 is 0 Å². The molecule has 2 aromatic rings. The molecule has 5 heteroatoms. The van der Waals surface area contributed by atoms with E-state index in [0.717, 1.165) is 22.4 Å². The SMILES string of the molecule is Nc1cccnc1CNCc1sccc1Br. The van der Waals surface area contributed by atoms with Crippen molar-refractivity contribution in [2.75, 3.05) is 5.73 Å². The van der Waals surface area contributed by atoms with Crippen molar-refractivity contribution < 1.29 is 0 Å². The van der Waals surface area contributed by atoms with Crippen molar-refractivity contribution >= 4 is 33.0 Å². The zero-order chi connectivity index (χ0) is 11.4. The van der Waals surface area contributed by atoms with E-state index in [0.29, 0.717) is 6.54 Å². The van der Waals surface area contributed by atoms with E-state index in [-0.39, 0.29) is 0 Å². The first-order chi connectivity index (χ1) is 7.77. The van der Waals surface area contributed by atoms with Crippen LogP contribution >= 0.6 is 27.3 Å². The zero-order valence-electron chi connectivity index (χ0n) is 8.61. The third-order valence-electron chi connectivity index (χ3n) is 2.19. The Morgan fingerprint density at radius 3 is 2.94 bits per heavy atom. The molecule has 3 nitrogen and oxygen atoms in total. The second kappa shape index (κ2) is 5.43. The summed E-state index contributed by atoms with van der Waals surface area (Å²) in [7, 11) is 0. The van der Waals surface area contributed by atoms with Crippen LogP contribution in [0.3, 0.4) is 0 Å². The van der Waals surface area contributed by atoms with Crippen molar-refractivity contribution in [2.24, 2.45) is 0 Å². The van der Waals surface area contributed by atoms with Crippen molar-refractivity contribution in [1.29, 1.82) is 0 Å². The molecule has 0 amide bonds. The maximum absolute atomic E-state index is 5.80. The van der Waals surface area contributed by atoms with E-state index in [9.17, 15) is 0 Å². The largest absolute Gasteiger partial charge is 0.397 e. The predicted octanol–water partition coefficient (Wildman–Crippen LogP) is 2.78. The van der Waals surface area contributed by atoms with E-state index in [2.05, 4.69) is 37.7 Å². The third kappa shape index (κ3) is 2.81. The summed E-state index contributed by atoms with van der Waals surface area (Å²) >= 11 is 5.23. The van der Waals surface area contributed by atoms with Gasteiger partial charge in [0, 0.05) is 28.6 Å². The first-order valence-electron chi connectivity index (χ1n) is 4.89. The molecule has 2 heterocycles. The molecule has 0 bridgehead atoms. The fourth-order valence-electron chi connectivity index (χ4n) is 1.34. The number of thiophene rings is 1. The Kier molecular flexibility index (Phi) is 3.93. The highest BCUT2D eigenvalue weighted by Crippen LogP contribution is 2.22. The summed E-state index contributed by atoms with van der Waals surface area (Å²) in [5, 5.41) is 5.39. The van der Waals surface area contributed by atoms with Crippen molar-refractivity contribution in [3.05, 3.63) is 44.8 Å². The highest BCUT2D eigenvalue weighted by molar-refractivity contribution is 9.10. The molecule has 84 valence electrons. The number of hydrogen-bond donors (Lipinski definition) is 2. The normalized spacial score (nSPS) is 10.6. The number of aromatic nitrogens is 1. The molecule has 0 saturated heterocycles. The van der Waals surface area contributed by atoms with E-state index >= 15 is 0 Å². The van der Waals surface area contributed by atoms with E-state index in [1.54, 1.807) is 17.5 Å². The van der Waals surface area contributed by atoms with Crippen molar-refractivity contribution in [3.8, 4) is 0 Å². The molecule has 0 aliphatic rings. The predicted molar refractivity (Wildman–Crippen MR) is 71.2 cm³/mol. The molecule has 3 N–H and O–H groups in total. The number of nitrogens with zero attached hydrogens (tertiary/aromatic N) is 1. The molecule has 0 radical (unpaired) electrons. The van der Waals surface area contributed by atoms with Crippen LogP contribution in [0.4, 0.5) is 5.69 Å². The van der Waals surface area contributed by atoms with E-state index < -0.39 is 0 Å². The van der Waals surface area contributed by atoms with Crippen LogP contribution in [0.15, 0.2) is 34.2 Å². The Morgan fingerprint density at radius 1 is 1.38 bits per heavy atom. The fraction of sp³-hybridized carbons (Fsp3) is 0.182. The number of pyridine rings is 1. The minimum atomic E-state index is 0.691. The molecule has 0 fully saturated rings. The summed E-state index contributed by atoms with van der Waals surface area (Å²) in [5.74, 6) is 0. The second-order valence-electron chi connectivity index (χ2n) is 3.33.